The maximum atomic E-state index is 11.9. The molecule has 0 spiro atoms. The van der Waals surface area contributed by atoms with Crippen LogP contribution in [0.1, 0.15) is 12.0 Å². The van der Waals surface area contributed by atoms with Gasteiger partial charge in [0.2, 0.25) is 5.91 Å². The van der Waals surface area contributed by atoms with Crippen LogP contribution in [0.3, 0.4) is 0 Å². The zero-order valence-corrected chi connectivity index (χ0v) is 10.7. The molecular weight excluding hydrogens is 238 g/mol. The van der Waals surface area contributed by atoms with E-state index in [2.05, 4.69) is 11.1 Å². The van der Waals surface area contributed by atoms with E-state index in [4.69, 9.17) is 5.73 Å². The number of likely N-dealkylation sites (tertiary alicyclic amines) is 1. The van der Waals surface area contributed by atoms with Gasteiger partial charge in [-0.2, -0.15) is 0 Å². The van der Waals surface area contributed by atoms with Gasteiger partial charge < -0.3 is 10.6 Å². The molecule has 1 fully saturated rings. The summed E-state index contributed by atoms with van der Waals surface area (Å²) in [4.78, 5) is 18.0. The Hall–Kier alpha value is -1.94. The molecule has 1 atom stereocenters. The number of pyridine rings is 1. The predicted molar refractivity (Wildman–Crippen MR) is 74.3 cm³/mol. The largest absolute Gasteiger partial charge is 0.338 e. The van der Waals surface area contributed by atoms with Crippen LogP contribution in [0.2, 0.25) is 0 Å². The third-order valence-electron chi connectivity index (χ3n) is 3.76. The van der Waals surface area contributed by atoms with Crippen molar-refractivity contribution in [1.29, 1.82) is 0 Å². The van der Waals surface area contributed by atoms with Crippen LogP contribution in [0.15, 0.2) is 36.7 Å². The summed E-state index contributed by atoms with van der Waals surface area (Å²) < 4.78 is 0. The predicted octanol–water partition coefficient (Wildman–Crippen LogP) is 1.54. The van der Waals surface area contributed by atoms with Gasteiger partial charge >= 0.3 is 0 Å². The Kier molecular flexibility index (Phi) is 3.17. The van der Waals surface area contributed by atoms with Gasteiger partial charge in [-0.1, -0.05) is 18.2 Å². The van der Waals surface area contributed by atoms with Crippen molar-refractivity contribution in [2.75, 3.05) is 13.1 Å². The van der Waals surface area contributed by atoms with Gasteiger partial charge in [-0.15, -0.1) is 0 Å². The first-order valence-corrected chi connectivity index (χ1v) is 6.57. The van der Waals surface area contributed by atoms with E-state index in [1.165, 1.54) is 10.9 Å². The van der Waals surface area contributed by atoms with Crippen LogP contribution in [0.25, 0.3) is 10.8 Å². The second kappa shape index (κ2) is 4.97. The summed E-state index contributed by atoms with van der Waals surface area (Å²) >= 11 is 0. The molecule has 0 radical (unpaired) electrons. The van der Waals surface area contributed by atoms with Gasteiger partial charge in [0.25, 0.3) is 0 Å². The highest BCUT2D eigenvalue weighted by Gasteiger charge is 2.28. The van der Waals surface area contributed by atoms with Crippen molar-refractivity contribution in [3.05, 3.63) is 42.2 Å². The SMILES string of the molecule is NCC1CC(=O)N(Cc2cccc3cnccc23)C1. The van der Waals surface area contributed by atoms with Crippen LogP contribution < -0.4 is 5.73 Å². The molecule has 19 heavy (non-hydrogen) atoms. The van der Waals surface area contributed by atoms with E-state index in [0.717, 1.165) is 11.9 Å². The normalized spacial score (nSPS) is 19.3. The van der Waals surface area contributed by atoms with Crippen molar-refractivity contribution < 1.29 is 4.79 Å². The fourth-order valence-corrected chi connectivity index (χ4v) is 2.70. The lowest BCUT2D eigenvalue weighted by Gasteiger charge is -2.17. The van der Waals surface area contributed by atoms with Crippen molar-refractivity contribution in [2.45, 2.75) is 13.0 Å². The molecule has 2 N–H and O–H groups in total. The third-order valence-corrected chi connectivity index (χ3v) is 3.76. The molecule has 0 bridgehead atoms. The average Bonchev–Trinajstić information content (AvgIpc) is 2.80. The molecule has 4 heteroatoms. The molecule has 1 unspecified atom stereocenters. The number of hydrogen-bond donors (Lipinski definition) is 1. The highest BCUT2D eigenvalue weighted by atomic mass is 16.2. The fourth-order valence-electron chi connectivity index (χ4n) is 2.70. The lowest BCUT2D eigenvalue weighted by atomic mass is 10.1. The Bertz CT molecular complexity index is 606. The molecule has 4 nitrogen and oxygen atoms in total. The number of hydrogen-bond acceptors (Lipinski definition) is 3. The van der Waals surface area contributed by atoms with Crippen LogP contribution in [0.4, 0.5) is 0 Å². The minimum Gasteiger partial charge on any atom is -0.338 e. The molecule has 1 aliphatic rings. The first-order valence-electron chi connectivity index (χ1n) is 6.57. The van der Waals surface area contributed by atoms with Crippen molar-refractivity contribution in [1.82, 2.24) is 9.88 Å². The number of nitrogens with zero attached hydrogens (tertiary/aromatic N) is 2. The average molecular weight is 255 g/mol. The molecule has 0 aliphatic carbocycles. The Morgan fingerprint density at radius 2 is 2.26 bits per heavy atom. The summed E-state index contributed by atoms with van der Waals surface area (Å²) in [5.41, 5.74) is 6.83. The van der Waals surface area contributed by atoms with Gasteiger partial charge in [-0.25, -0.2) is 0 Å². The fraction of sp³-hybridized carbons (Fsp3) is 0.333. The number of fused-ring (bicyclic) bond motifs is 1. The zero-order chi connectivity index (χ0) is 13.2. The van der Waals surface area contributed by atoms with E-state index in [1.54, 1.807) is 6.20 Å². The topological polar surface area (TPSA) is 59.2 Å². The number of benzene rings is 1. The lowest BCUT2D eigenvalue weighted by Crippen LogP contribution is -2.25. The second-order valence-corrected chi connectivity index (χ2v) is 5.09. The lowest BCUT2D eigenvalue weighted by molar-refractivity contribution is -0.128. The standard InChI is InChI=1S/C15H17N3O/c16-7-11-6-15(19)18(9-11)10-13-3-1-2-12-8-17-5-4-14(12)13/h1-5,8,11H,6-7,9-10,16H2. The van der Waals surface area contributed by atoms with E-state index in [1.807, 2.05) is 29.3 Å². The maximum absolute atomic E-state index is 11.9. The van der Waals surface area contributed by atoms with E-state index in [0.29, 0.717) is 25.4 Å². The van der Waals surface area contributed by atoms with Gasteiger partial charge in [0.1, 0.15) is 0 Å². The summed E-state index contributed by atoms with van der Waals surface area (Å²) in [6.45, 7) is 2.02. The van der Waals surface area contributed by atoms with Gasteiger partial charge in [0.05, 0.1) is 0 Å². The van der Waals surface area contributed by atoms with E-state index >= 15 is 0 Å². The smallest absolute Gasteiger partial charge is 0.223 e. The highest BCUT2D eigenvalue weighted by molar-refractivity contribution is 5.85. The van der Waals surface area contributed by atoms with Gasteiger partial charge in [-0.3, -0.25) is 9.78 Å². The monoisotopic (exact) mass is 255 g/mol. The van der Waals surface area contributed by atoms with Crippen LogP contribution in [0.5, 0.6) is 0 Å². The van der Waals surface area contributed by atoms with E-state index in [-0.39, 0.29) is 5.91 Å². The van der Waals surface area contributed by atoms with Crippen LogP contribution >= 0.6 is 0 Å². The van der Waals surface area contributed by atoms with Crippen LogP contribution in [-0.4, -0.2) is 28.9 Å². The summed E-state index contributed by atoms with van der Waals surface area (Å²) in [7, 11) is 0. The summed E-state index contributed by atoms with van der Waals surface area (Å²) in [6, 6.07) is 8.14. The highest BCUT2D eigenvalue weighted by Crippen LogP contribution is 2.23. The molecule has 2 aromatic rings. The van der Waals surface area contributed by atoms with Crippen LogP contribution in [-0.2, 0) is 11.3 Å². The van der Waals surface area contributed by atoms with Crippen molar-refractivity contribution in [3.63, 3.8) is 0 Å². The van der Waals surface area contributed by atoms with Gasteiger partial charge in [0.15, 0.2) is 0 Å². The van der Waals surface area contributed by atoms with E-state index < -0.39 is 0 Å². The number of rotatable bonds is 3. The minimum atomic E-state index is 0.210. The van der Waals surface area contributed by atoms with Gasteiger partial charge in [-0.05, 0) is 29.5 Å². The molecule has 0 saturated carbocycles. The molecule has 1 aliphatic heterocycles. The second-order valence-electron chi connectivity index (χ2n) is 5.09. The summed E-state index contributed by atoms with van der Waals surface area (Å²) in [6.07, 6.45) is 4.23. The van der Waals surface area contributed by atoms with E-state index in [9.17, 15) is 4.79 Å². The molecule has 3 rings (SSSR count). The van der Waals surface area contributed by atoms with Crippen molar-refractivity contribution in [2.24, 2.45) is 11.7 Å². The molecule has 1 amide bonds. The Morgan fingerprint density at radius 1 is 1.37 bits per heavy atom. The molecule has 1 aromatic heterocycles. The quantitative estimate of drug-likeness (QED) is 0.905. The van der Waals surface area contributed by atoms with Crippen molar-refractivity contribution >= 4 is 16.7 Å². The number of amides is 1. The Morgan fingerprint density at radius 3 is 3.05 bits per heavy atom. The first kappa shape index (κ1) is 12.1. The third kappa shape index (κ3) is 2.31. The van der Waals surface area contributed by atoms with Crippen molar-refractivity contribution in [3.8, 4) is 0 Å². The molecular formula is C15H17N3O. The summed E-state index contributed by atoms with van der Waals surface area (Å²) in [5, 5.41) is 2.28. The minimum absolute atomic E-state index is 0.210. The molecule has 2 heterocycles. The number of aromatic nitrogens is 1. The number of carbonyl (C=O) groups excluding carboxylic acids is 1. The van der Waals surface area contributed by atoms with Gasteiger partial charge in [0, 0.05) is 37.3 Å². The Labute approximate surface area is 112 Å². The number of carbonyl (C=O) groups is 1. The summed E-state index contributed by atoms with van der Waals surface area (Å²) in [5.74, 6) is 0.519. The maximum Gasteiger partial charge on any atom is 0.223 e. The van der Waals surface area contributed by atoms with Crippen LogP contribution in [0, 0.1) is 5.92 Å². The number of nitrogens with two attached hydrogens (primary N) is 1. The zero-order valence-electron chi connectivity index (χ0n) is 10.7. The Balaban J connectivity index is 1.88. The molecule has 98 valence electrons. The first-order chi connectivity index (χ1) is 9.28. The molecule has 1 saturated heterocycles. The molecule has 1 aromatic carbocycles.